The van der Waals surface area contributed by atoms with Crippen molar-refractivity contribution >= 4 is 33.6 Å². The van der Waals surface area contributed by atoms with Crippen LogP contribution >= 0.6 is 15.9 Å². The monoisotopic (exact) mass is 338 g/mol. The Balaban J connectivity index is 1.96. The van der Waals surface area contributed by atoms with Gasteiger partial charge >= 0.3 is 5.97 Å². The van der Waals surface area contributed by atoms with Gasteiger partial charge in [-0.3, -0.25) is 9.59 Å². The summed E-state index contributed by atoms with van der Waals surface area (Å²) in [6.45, 7) is -0.347. The first-order valence-corrected chi connectivity index (χ1v) is 6.49. The number of nitrogens with one attached hydrogen (secondary N) is 1. The van der Waals surface area contributed by atoms with Crippen molar-refractivity contribution < 1.29 is 14.7 Å². The second kappa shape index (κ2) is 6.29. The maximum absolute atomic E-state index is 11.8. The molecule has 0 radical (unpaired) electrons. The van der Waals surface area contributed by atoms with E-state index in [2.05, 4.69) is 31.4 Å². The predicted octanol–water partition coefficient (Wildman–Crippen LogP) is 1.31. The topological polar surface area (TPSA) is 97.1 Å². The summed E-state index contributed by atoms with van der Waals surface area (Å²) in [6.07, 6.45) is 1.49. The van der Waals surface area contributed by atoms with Crippen LogP contribution in [0.25, 0.3) is 0 Å². The lowest BCUT2D eigenvalue weighted by atomic mass is 10.1. The molecule has 0 spiro atoms. The fourth-order valence-electron chi connectivity index (χ4n) is 1.55. The van der Waals surface area contributed by atoms with E-state index in [1.54, 1.807) is 0 Å². The zero-order valence-corrected chi connectivity index (χ0v) is 11.9. The molecule has 0 saturated carbocycles. The van der Waals surface area contributed by atoms with E-state index in [1.807, 2.05) is 24.3 Å². The van der Waals surface area contributed by atoms with Gasteiger partial charge in [0, 0.05) is 4.47 Å². The Morgan fingerprint density at radius 2 is 2.10 bits per heavy atom. The van der Waals surface area contributed by atoms with Crippen LogP contribution in [-0.2, 0) is 22.6 Å². The van der Waals surface area contributed by atoms with Gasteiger partial charge in [0.1, 0.15) is 0 Å². The number of amides is 1. The molecule has 0 aliphatic carbocycles. The maximum atomic E-state index is 11.8. The number of rotatable bonds is 5. The fraction of sp³-hybridized carbons (Fsp3) is 0.167. The molecule has 0 aliphatic heterocycles. The number of carboxylic acids is 1. The number of carbonyl (C=O) groups excluding carboxylic acids is 1. The first-order valence-electron chi connectivity index (χ1n) is 5.70. The highest BCUT2D eigenvalue weighted by Gasteiger charge is 2.10. The van der Waals surface area contributed by atoms with E-state index in [-0.39, 0.29) is 24.7 Å². The molecule has 2 aromatic rings. The molecule has 2 N–H and O–H groups in total. The third-order valence-electron chi connectivity index (χ3n) is 2.39. The van der Waals surface area contributed by atoms with Crippen molar-refractivity contribution in [3.8, 4) is 0 Å². The van der Waals surface area contributed by atoms with Crippen molar-refractivity contribution in [3.63, 3.8) is 0 Å². The van der Waals surface area contributed by atoms with Crippen molar-refractivity contribution in [2.75, 3.05) is 5.32 Å². The normalized spacial score (nSPS) is 10.2. The number of aliphatic carboxylic acids is 1. The largest absolute Gasteiger partial charge is 0.480 e. The second-order valence-electron chi connectivity index (χ2n) is 3.97. The number of hydrogen-bond donors (Lipinski definition) is 2. The third-order valence-corrected chi connectivity index (χ3v) is 3.16. The van der Waals surface area contributed by atoms with Crippen LogP contribution in [-0.4, -0.2) is 32.0 Å². The number of carbonyl (C=O) groups is 2. The summed E-state index contributed by atoms with van der Waals surface area (Å²) < 4.78 is 0.852. The summed E-state index contributed by atoms with van der Waals surface area (Å²) in [6, 6.07) is 7.40. The minimum atomic E-state index is -1.05. The maximum Gasteiger partial charge on any atom is 0.327 e. The van der Waals surface area contributed by atoms with Crippen molar-refractivity contribution in [2.24, 2.45) is 0 Å². The van der Waals surface area contributed by atoms with E-state index in [9.17, 15) is 9.59 Å². The van der Waals surface area contributed by atoms with Gasteiger partial charge in [-0.1, -0.05) is 34.1 Å². The first-order chi connectivity index (χ1) is 9.54. The minimum absolute atomic E-state index is 0.188. The summed E-state index contributed by atoms with van der Waals surface area (Å²) in [5, 5.41) is 18.7. The average Bonchev–Trinajstić information content (AvgIpc) is 2.78. The van der Waals surface area contributed by atoms with Gasteiger partial charge in [-0.05, 0) is 11.6 Å². The van der Waals surface area contributed by atoms with Gasteiger partial charge in [-0.25, -0.2) is 0 Å². The molecule has 0 fully saturated rings. The van der Waals surface area contributed by atoms with Crippen molar-refractivity contribution in [1.82, 2.24) is 15.0 Å². The third kappa shape index (κ3) is 3.89. The molecule has 2 rings (SSSR count). The lowest BCUT2D eigenvalue weighted by molar-refractivity contribution is -0.138. The molecule has 0 saturated heterocycles. The Morgan fingerprint density at radius 1 is 1.35 bits per heavy atom. The summed E-state index contributed by atoms with van der Waals surface area (Å²) >= 11 is 3.36. The molecule has 104 valence electrons. The van der Waals surface area contributed by atoms with Crippen LogP contribution in [0.1, 0.15) is 5.56 Å². The van der Waals surface area contributed by atoms with Gasteiger partial charge in [0.15, 0.2) is 12.4 Å². The van der Waals surface area contributed by atoms with Crippen LogP contribution in [0.3, 0.4) is 0 Å². The molecule has 0 unspecified atom stereocenters. The fourth-order valence-corrected chi connectivity index (χ4v) is 1.98. The SMILES string of the molecule is O=C(O)Cn1ncc(NC(=O)Cc2ccccc2Br)n1. The number of nitrogens with zero attached hydrogens (tertiary/aromatic N) is 3. The molecule has 7 nitrogen and oxygen atoms in total. The van der Waals surface area contributed by atoms with Crippen LogP contribution in [0.5, 0.6) is 0 Å². The van der Waals surface area contributed by atoms with Gasteiger partial charge in [-0.15, -0.1) is 5.10 Å². The Labute approximate surface area is 122 Å². The Bertz CT molecular complexity index is 641. The zero-order valence-electron chi connectivity index (χ0n) is 10.3. The van der Waals surface area contributed by atoms with Gasteiger partial charge in [0.05, 0.1) is 12.6 Å². The molecule has 0 atom stereocenters. The summed E-state index contributed by atoms with van der Waals surface area (Å²) in [7, 11) is 0. The summed E-state index contributed by atoms with van der Waals surface area (Å²) in [4.78, 5) is 23.3. The van der Waals surface area contributed by atoms with E-state index < -0.39 is 5.97 Å². The molecule has 0 bridgehead atoms. The number of aromatic nitrogens is 3. The number of carboxylic acid groups (broad SMARTS) is 1. The highest BCUT2D eigenvalue weighted by Crippen LogP contribution is 2.16. The molecule has 0 aliphatic rings. The number of hydrogen-bond acceptors (Lipinski definition) is 4. The van der Waals surface area contributed by atoms with Crippen LogP contribution in [0.4, 0.5) is 5.82 Å². The molecule has 20 heavy (non-hydrogen) atoms. The number of halogens is 1. The van der Waals surface area contributed by atoms with Crippen LogP contribution in [0.15, 0.2) is 34.9 Å². The Kier molecular flexibility index (Phi) is 4.46. The van der Waals surface area contributed by atoms with E-state index >= 15 is 0 Å². The summed E-state index contributed by atoms with van der Waals surface area (Å²) in [5.41, 5.74) is 0.850. The van der Waals surface area contributed by atoms with E-state index in [4.69, 9.17) is 5.11 Å². The smallest absolute Gasteiger partial charge is 0.327 e. The van der Waals surface area contributed by atoms with Crippen molar-refractivity contribution in [3.05, 3.63) is 40.5 Å². The lowest BCUT2D eigenvalue weighted by Crippen LogP contribution is -2.16. The molecule has 8 heteroatoms. The van der Waals surface area contributed by atoms with Gasteiger partial charge in [0.2, 0.25) is 5.91 Å². The van der Waals surface area contributed by atoms with E-state index in [0.29, 0.717) is 0 Å². The van der Waals surface area contributed by atoms with Crippen LogP contribution in [0.2, 0.25) is 0 Å². The predicted molar refractivity (Wildman–Crippen MR) is 74.1 cm³/mol. The standard InChI is InChI=1S/C12H11BrN4O3/c13-9-4-2-1-3-8(9)5-11(18)15-10-6-14-17(16-10)7-12(19)20/h1-4,6H,5,7H2,(H,19,20)(H,15,16,18). The molecule has 1 aromatic carbocycles. The molecule has 1 amide bonds. The first kappa shape index (κ1) is 14.2. The second-order valence-corrected chi connectivity index (χ2v) is 4.82. The molecular formula is C12H11BrN4O3. The Hall–Kier alpha value is -2.22. The quantitative estimate of drug-likeness (QED) is 0.856. The molecule has 1 aromatic heterocycles. The molecular weight excluding hydrogens is 328 g/mol. The molecule has 1 heterocycles. The lowest BCUT2D eigenvalue weighted by Gasteiger charge is -2.03. The number of benzene rings is 1. The van der Waals surface area contributed by atoms with E-state index in [1.165, 1.54) is 6.20 Å². The van der Waals surface area contributed by atoms with Crippen molar-refractivity contribution in [1.29, 1.82) is 0 Å². The van der Waals surface area contributed by atoms with Crippen molar-refractivity contribution in [2.45, 2.75) is 13.0 Å². The zero-order chi connectivity index (χ0) is 14.5. The average molecular weight is 339 g/mol. The minimum Gasteiger partial charge on any atom is -0.480 e. The van der Waals surface area contributed by atoms with E-state index in [0.717, 1.165) is 14.8 Å². The Morgan fingerprint density at radius 3 is 2.80 bits per heavy atom. The van der Waals surface area contributed by atoms with Gasteiger partial charge in [0.25, 0.3) is 0 Å². The highest BCUT2D eigenvalue weighted by atomic mass is 79.9. The van der Waals surface area contributed by atoms with Crippen LogP contribution < -0.4 is 5.32 Å². The highest BCUT2D eigenvalue weighted by molar-refractivity contribution is 9.10. The van der Waals surface area contributed by atoms with Gasteiger partial charge < -0.3 is 10.4 Å². The van der Waals surface area contributed by atoms with Crippen LogP contribution in [0, 0.1) is 0 Å². The summed E-state index contributed by atoms with van der Waals surface area (Å²) in [5.74, 6) is -1.07. The number of anilines is 1. The van der Waals surface area contributed by atoms with Gasteiger partial charge in [-0.2, -0.15) is 9.90 Å².